The van der Waals surface area contributed by atoms with Crippen LogP contribution in [0.1, 0.15) is 18.5 Å². The third-order valence-corrected chi connectivity index (χ3v) is 7.71. The molecule has 0 amide bonds. The number of fused-ring (bicyclic) bond motifs is 1. The van der Waals surface area contributed by atoms with Crippen LogP contribution in [0.25, 0.3) is 10.9 Å². The van der Waals surface area contributed by atoms with Crippen molar-refractivity contribution in [3.05, 3.63) is 81.4 Å². The summed E-state index contributed by atoms with van der Waals surface area (Å²) in [7, 11) is -3.66. The number of nitrogens with two attached hydrogens (primary N) is 1. The van der Waals surface area contributed by atoms with Gasteiger partial charge in [0.25, 0.3) is 0 Å². The highest BCUT2D eigenvalue weighted by Gasteiger charge is 2.22. The standard InChI is InChI=1S/C22H18Br2N2O3S/c1-13(25)14-9-18(23)22(19(24)10-14)29-15-7-8-20-17(11-15)21(12-26-20)30(27,28)16-5-3-2-4-6-16/h2-13,26H,25H2,1H3/t13-/m1/s1. The minimum Gasteiger partial charge on any atom is -0.455 e. The Morgan fingerprint density at radius 1 is 1.00 bits per heavy atom. The van der Waals surface area contributed by atoms with Crippen LogP contribution in [-0.4, -0.2) is 13.4 Å². The zero-order chi connectivity index (χ0) is 21.5. The van der Waals surface area contributed by atoms with Gasteiger partial charge in [-0.1, -0.05) is 18.2 Å². The first-order chi connectivity index (χ1) is 14.3. The second-order valence-electron chi connectivity index (χ2n) is 6.88. The van der Waals surface area contributed by atoms with E-state index in [1.165, 1.54) is 6.20 Å². The molecule has 0 saturated heterocycles. The quantitative estimate of drug-likeness (QED) is 0.304. The van der Waals surface area contributed by atoms with Crippen molar-refractivity contribution in [3.63, 3.8) is 0 Å². The van der Waals surface area contributed by atoms with Crippen LogP contribution in [0.4, 0.5) is 0 Å². The summed E-state index contributed by atoms with van der Waals surface area (Å²) < 4.78 is 33.8. The number of hydrogen-bond acceptors (Lipinski definition) is 4. The van der Waals surface area contributed by atoms with Crippen molar-refractivity contribution in [1.82, 2.24) is 4.98 Å². The summed E-state index contributed by atoms with van der Waals surface area (Å²) in [6, 6.07) is 17.4. The molecule has 1 heterocycles. The van der Waals surface area contributed by atoms with E-state index in [1.54, 1.807) is 48.5 Å². The highest BCUT2D eigenvalue weighted by molar-refractivity contribution is 9.11. The van der Waals surface area contributed by atoms with E-state index < -0.39 is 9.84 Å². The fraction of sp³-hybridized carbons (Fsp3) is 0.0909. The van der Waals surface area contributed by atoms with Crippen LogP contribution in [-0.2, 0) is 9.84 Å². The number of benzene rings is 3. The number of aromatic amines is 1. The van der Waals surface area contributed by atoms with E-state index in [2.05, 4.69) is 36.8 Å². The Labute approximate surface area is 191 Å². The maximum atomic E-state index is 13.1. The topological polar surface area (TPSA) is 85.2 Å². The molecule has 5 nitrogen and oxygen atoms in total. The van der Waals surface area contributed by atoms with Gasteiger partial charge in [-0.25, -0.2) is 8.42 Å². The zero-order valence-electron chi connectivity index (χ0n) is 15.9. The maximum absolute atomic E-state index is 13.1. The SMILES string of the molecule is C[C@@H](N)c1cc(Br)c(Oc2ccc3[nH]cc(S(=O)(=O)c4ccccc4)c3c2)c(Br)c1. The molecule has 154 valence electrons. The van der Waals surface area contributed by atoms with E-state index in [4.69, 9.17) is 10.5 Å². The van der Waals surface area contributed by atoms with Gasteiger partial charge >= 0.3 is 0 Å². The van der Waals surface area contributed by atoms with Crippen LogP contribution in [0.2, 0.25) is 0 Å². The van der Waals surface area contributed by atoms with Gasteiger partial charge in [-0.05, 0) is 86.8 Å². The number of ether oxygens (including phenoxy) is 1. The molecule has 4 rings (SSSR count). The van der Waals surface area contributed by atoms with E-state index in [0.29, 0.717) is 22.4 Å². The number of aromatic nitrogens is 1. The molecule has 0 aliphatic rings. The van der Waals surface area contributed by atoms with Crippen molar-refractivity contribution in [2.45, 2.75) is 22.8 Å². The number of sulfone groups is 1. The lowest BCUT2D eigenvalue weighted by molar-refractivity contribution is 0.477. The molecule has 0 unspecified atom stereocenters. The first-order valence-electron chi connectivity index (χ1n) is 9.11. The zero-order valence-corrected chi connectivity index (χ0v) is 19.9. The summed E-state index contributed by atoms with van der Waals surface area (Å²) >= 11 is 7.06. The van der Waals surface area contributed by atoms with Crippen molar-refractivity contribution in [2.75, 3.05) is 0 Å². The average Bonchev–Trinajstić information content (AvgIpc) is 3.15. The Morgan fingerprint density at radius 2 is 1.67 bits per heavy atom. The third kappa shape index (κ3) is 3.92. The van der Waals surface area contributed by atoms with Crippen molar-refractivity contribution in [3.8, 4) is 11.5 Å². The van der Waals surface area contributed by atoms with Crippen molar-refractivity contribution in [2.24, 2.45) is 5.73 Å². The lowest BCUT2D eigenvalue weighted by atomic mass is 10.1. The molecule has 0 saturated carbocycles. The fourth-order valence-electron chi connectivity index (χ4n) is 3.14. The molecule has 30 heavy (non-hydrogen) atoms. The fourth-order valence-corrected chi connectivity index (χ4v) is 5.97. The van der Waals surface area contributed by atoms with Crippen LogP contribution in [0, 0.1) is 0 Å². The highest BCUT2D eigenvalue weighted by atomic mass is 79.9. The van der Waals surface area contributed by atoms with Crippen molar-refractivity contribution >= 4 is 52.6 Å². The molecule has 4 aromatic rings. The number of halogens is 2. The summed E-state index contributed by atoms with van der Waals surface area (Å²) in [6.45, 7) is 1.91. The second-order valence-corrected chi connectivity index (χ2v) is 10.5. The molecule has 0 spiro atoms. The molecular weight excluding hydrogens is 532 g/mol. The minimum atomic E-state index is -3.66. The Kier molecular flexibility index (Phi) is 5.76. The predicted octanol–water partition coefficient (Wildman–Crippen LogP) is 6.34. The van der Waals surface area contributed by atoms with Gasteiger partial charge in [-0.3, -0.25) is 0 Å². The van der Waals surface area contributed by atoms with Gasteiger partial charge in [0.15, 0.2) is 5.75 Å². The van der Waals surface area contributed by atoms with Gasteiger partial charge in [0.05, 0.1) is 18.7 Å². The largest absolute Gasteiger partial charge is 0.455 e. The molecule has 3 N–H and O–H groups in total. The molecule has 3 aromatic carbocycles. The van der Waals surface area contributed by atoms with Crippen LogP contribution in [0.3, 0.4) is 0 Å². The van der Waals surface area contributed by atoms with Crippen LogP contribution >= 0.6 is 31.9 Å². The van der Waals surface area contributed by atoms with Crippen molar-refractivity contribution in [1.29, 1.82) is 0 Å². The smallest absolute Gasteiger partial charge is 0.208 e. The first kappa shape index (κ1) is 21.1. The van der Waals surface area contributed by atoms with Crippen LogP contribution < -0.4 is 10.5 Å². The minimum absolute atomic E-state index is 0.117. The molecular formula is C22H18Br2N2O3S. The van der Waals surface area contributed by atoms with E-state index in [1.807, 2.05) is 19.1 Å². The summed E-state index contributed by atoms with van der Waals surface area (Å²) in [5, 5.41) is 0.566. The van der Waals surface area contributed by atoms with Gasteiger partial charge in [-0.2, -0.15) is 0 Å². The molecule has 8 heteroatoms. The summed E-state index contributed by atoms with van der Waals surface area (Å²) in [5.41, 5.74) is 7.63. The predicted molar refractivity (Wildman–Crippen MR) is 125 cm³/mol. The van der Waals surface area contributed by atoms with Gasteiger partial charge in [0.2, 0.25) is 9.84 Å². The van der Waals surface area contributed by atoms with E-state index in [9.17, 15) is 8.42 Å². The number of nitrogens with one attached hydrogen (secondary N) is 1. The van der Waals surface area contributed by atoms with Crippen molar-refractivity contribution < 1.29 is 13.2 Å². The Morgan fingerprint density at radius 3 is 2.30 bits per heavy atom. The summed E-state index contributed by atoms with van der Waals surface area (Å²) in [5.74, 6) is 1.10. The Balaban J connectivity index is 1.76. The van der Waals surface area contributed by atoms with Gasteiger partial charge < -0.3 is 15.5 Å². The van der Waals surface area contributed by atoms with Crippen LogP contribution in [0.5, 0.6) is 11.5 Å². The molecule has 0 bridgehead atoms. The maximum Gasteiger partial charge on any atom is 0.208 e. The molecule has 1 atom stereocenters. The molecule has 1 aromatic heterocycles. The van der Waals surface area contributed by atoms with Gasteiger partial charge in [0, 0.05) is 23.1 Å². The second kappa shape index (κ2) is 8.19. The molecule has 0 aliphatic heterocycles. The third-order valence-electron chi connectivity index (χ3n) is 4.72. The molecule has 0 radical (unpaired) electrons. The monoisotopic (exact) mass is 548 g/mol. The van der Waals surface area contributed by atoms with E-state index in [-0.39, 0.29) is 15.8 Å². The summed E-state index contributed by atoms with van der Waals surface area (Å²) in [4.78, 5) is 3.48. The van der Waals surface area contributed by atoms with E-state index >= 15 is 0 Å². The molecule has 0 fully saturated rings. The Bertz CT molecular complexity index is 1310. The van der Waals surface area contributed by atoms with Gasteiger partial charge in [0.1, 0.15) is 5.75 Å². The normalized spacial score (nSPS) is 12.8. The highest BCUT2D eigenvalue weighted by Crippen LogP contribution is 2.40. The lowest BCUT2D eigenvalue weighted by Crippen LogP contribution is -2.05. The molecule has 0 aliphatic carbocycles. The summed E-state index contributed by atoms with van der Waals surface area (Å²) in [6.07, 6.45) is 1.51. The van der Waals surface area contributed by atoms with Gasteiger partial charge in [-0.15, -0.1) is 0 Å². The lowest BCUT2D eigenvalue weighted by Gasteiger charge is -2.14. The number of hydrogen-bond donors (Lipinski definition) is 2. The van der Waals surface area contributed by atoms with Crippen LogP contribution in [0.15, 0.2) is 85.6 Å². The number of H-pyrrole nitrogens is 1. The number of rotatable bonds is 5. The average molecular weight is 550 g/mol. The Hall–Kier alpha value is -2.13. The first-order valence-corrected chi connectivity index (χ1v) is 12.2. The van der Waals surface area contributed by atoms with E-state index in [0.717, 1.165) is 14.5 Å².